The van der Waals surface area contributed by atoms with Crippen LogP contribution < -0.4 is 0 Å². The molecule has 74 valence electrons. The van der Waals surface area contributed by atoms with Crippen LogP contribution in [0.1, 0.15) is 17.3 Å². The first-order chi connectivity index (χ1) is 6.11. The van der Waals surface area contributed by atoms with E-state index < -0.39 is 5.97 Å². The van der Waals surface area contributed by atoms with Gasteiger partial charge in [-0.3, -0.25) is 0 Å². The van der Waals surface area contributed by atoms with Crippen LogP contribution in [-0.4, -0.2) is 28.4 Å². The minimum absolute atomic E-state index is 0. The fourth-order valence-corrected chi connectivity index (χ4v) is 0.859. The molecule has 14 heavy (non-hydrogen) atoms. The summed E-state index contributed by atoms with van der Waals surface area (Å²) >= 11 is 0. The summed E-state index contributed by atoms with van der Waals surface area (Å²) in [6, 6.07) is 6.19. The lowest BCUT2D eigenvalue weighted by atomic mass is 10.2. The van der Waals surface area contributed by atoms with E-state index in [1.165, 1.54) is 12.1 Å². The molecule has 0 aliphatic heterocycles. The molecule has 0 spiro atoms. The van der Waals surface area contributed by atoms with Gasteiger partial charge < -0.3 is 9.84 Å². The number of carbonyl (C=O) groups excluding carboxylic acids is 1. The normalized spacial score (nSPS) is 8.64. The van der Waals surface area contributed by atoms with Crippen molar-refractivity contribution in [2.24, 2.45) is 0 Å². The topological polar surface area (TPSA) is 46.5 Å². The summed E-state index contributed by atoms with van der Waals surface area (Å²) in [7, 11) is 0. The monoisotopic (exact) mass is 208 g/mol. The number of benzene rings is 1. The van der Waals surface area contributed by atoms with Crippen LogP contribution in [0.3, 0.4) is 0 Å². The molecule has 0 saturated carbocycles. The van der Waals surface area contributed by atoms with E-state index in [4.69, 9.17) is 4.74 Å². The van der Waals surface area contributed by atoms with Crippen LogP contribution in [0.2, 0.25) is 0 Å². The number of hydrogen-bond acceptors (Lipinski definition) is 3. The molecule has 1 aromatic carbocycles. The van der Waals surface area contributed by atoms with Gasteiger partial charge in [-0.25, -0.2) is 4.79 Å². The Morgan fingerprint density at radius 3 is 2.50 bits per heavy atom. The highest BCUT2D eigenvalue weighted by Crippen LogP contribution is 2.17. The molecule has 0 bridgehead atoms. The van der Waals surface area contributed by atoms with Gasteiger partial charge in [-0.15, -0.1) is 0 Å². The summed E-state index contributed by atoms with van der Waals surface area (Å²) in [5.41, 5.74) is 0.144. The fraction of sp³-hybridized carbons (Fsp3) is 0.100. The molecule has 1 N–H and O–H groups in total. The van der Waals surface area contributed by atoms with Crippen LogP contribution in [0, 0.1) is 0 Å². The number of phenolic OH excluding ortho intramolecular Hbond substituents is 1. The largest absolute Gasteiger partial charge is 0.507 e. The molecular formula is C10H13AlO3. The Kier molecular flexibility index (Phi) is 5.00. The predicted molar refractivity (Wildman–Crippen MR) is 58.3 cm³/mol. The van der Waals surface area contributed by atoms with Crippen LogP contribution in [-0.2, 0) is 4.74 Å². The number of allylic oxidation sites excluding steroid dienone is 1. The van der Waals surface area contributed by atoms with E-state index in [9.17, 15) is 9.90 Å². The summed E-state index contributed by atoms with van der Waals surface area (Å²) in [4.78, 5) is 11.2. The van der Waals surface area contributed by atoms with Crippen LogP contribution >= 0.6 is 0 Å². The van der Waals surface area contributed by atoms with E-state index in [0.717, 1.165) is 0 Å². The van der Waals surface area contributed by atoms with Crippen molar-refractivity contribution in [2.75, 3.05) is 0 Å². The molecule has 0 radical (unpaired) electrons. The summed E-state index contributed by atoms with van der Waals surface area (Å²) in [6.45, 7) is 4.99. The van der Waals surface area contributed by atoms with Gasteiger partial charge in [0.25, 0.3) is 0 Å². The lowest BCUT2D eigenvalue weighted by Crippen LogP contribution is -2.02. The molecule has 0 aliphatic carbocycles. The van der Waals surface area contributed by atoms with Gasteiger partial charge in [0.2, 0.25) is 0 Å². The second-order valence-electron chi connectivity index (χ2n) is 2.61. The zero-order valence-corrected chi connectivity index (χ0v) is 7.28. The van der Waals surface area contributed by atoms with Crippen molar-refractivity contribution in [1.82, 2.24) is 0 Å². The minimum Gasteiger partial charge on any atom is -0.507 e. The van der Waals surface area contributed by atoms with Crippen LogP contribution in [0.15, 0.2) is 36.6 Å². The number of hydrogen-bond donors (Lipinski definition) is 1. The Hall–Kier alpha value is -1.24. The van der Waals surface area contributed by atoms with E-state index in [-0.39, 0.29) is 28.7 Å². The molecule has 1 aromatic rings. The molecule has 0 amide bonds. The van der Waals surface area contributed by atoms with E-state index in [2.05, 4.69) is 6.58 Å². The highest BCUT2D eigenvalue weighted by atomic mass is 27.0. The lowest BCUT2D eigenvalue weighted by molar-refractivity contribution is 0.0624. The first kappa shape index (κ1) is 12.8. The van der Waals surface area contributed by atoms with Gasteiger partial charge >= 0.3 is 5.97 Å². The average Bonchev–Trinajstić information content (AvgIpc) is 2.03. The lowest BCUT2D eigenvalue weighted by Gasteiger charge is -2.03. The molecule has 0 fully saturated rings. The number of phenols is 1. The molecule has 0 saturated heterocycles. The third kappa shape index (κ3) is 3.25. The van der Waals surface area contributed by atoms with Crippen molar-refractivity contribution in [1.29, 1.82) is 0 Å². The molecular weight excluding hydrogens is 195 g/mol. The third-order valence-electron chi connectivity index (χ3n) is 1.39. The van der Waals surface area contributed by atoms with E-state index in [1.54, 1.807) is 19.1 Å². The van der Waals surface area contributed by atoms with Crippen LogP contribution in [0.4, 0.5) is 0 Å². The standard InChI is InChI=1S/C10H10O3.Al.3H/c1-7(2)13-10(12)8-5-3-4-6-9(8)11;;;;/h3-6,11H,1H2,2H3;;;;. The molecule has 4 heteroatoms. The van der Waals surface area contributed by atoms with Gasteiger partial charge in [-0.1, -0.05) is 18.7 Å². The zero-order chi connectivity index (χ0) is 9.84. The van der Waals surface area contributed by atoms with Crippen LogP contribution in [0.5, 0.6) is 5.75 Å². The third-order valence-corrected chi connectivity index (χ3v) is 1.39. The zero-order valence-electron chi connectivity index (χ0n) is 7.28. The first-order valence-electron chi connectivity index (χ1n) is 3.77. The van der Waals surface area contributed by atoms with Gasteiger partial charge in [0.1, 0.15) is 11.3 Å². The highest BCUT2D eigenvalue weighted by Gasteiger charge is 2.11. The summed E-state index contributed by atoms with van der Waals surface area (Å²) < 4.78 is 4.72. The quantitative estimate of drug-likeness (QED) is 0.446. The maximum absolute atomic E-state index is 11.2. The smallest absolute Gasteiger partial charge is 0.346 e. The fourth-order valence-electron chi connectivity index (χ4n) is 0.859. The van der Waals surface area contributed by atoms with Gasteiger partial charge in [-0.05, 0) is 19.1 Å². The summed E-state index contributed by atoms with van der Waals surface area (Å²) in [5.74, 6) is -0.382. The molecule has 0 aromatic heterocycles. The van der Waals surface area contributed by atoms with Crippen LogP contribution in [0.25, 0.3) is 0 Å². The van der Waals surface area contributed by atoms with E-state index in [1.807, 2.05) is 0 Å². The number of ether oxygens (including phenoxy) is 1. The predicted octanol–water partition coefficient (Wildman–Crippen LogP) is 0.899. The molecule has 0 atom stereocenters. The number of aromatic hydroxyl groups is 1. The number of para-hydroxylation sites is 1. The number of rotatable bonds is 2. The SMILES string of the molecule is C=C(C)OC(=O)c1ccccc1O.[AlH3]. The first-order valence-corrected chi connectivity index (χ1v) is 3.77. The highest BCUT2D eigenvalue weighted by molar-refractivity contribution is 5.92. The number of carbonyl (C=O) groups is 1. The molecule has 1 rings (SSSR count). The Morgan fingerprint density at radius 1 is 1.43 bits per heavy atom. The van der Waals surface area contributed by atoms with Crippen molar-refractivity contribution in [3.8, 4) is 5.75 Å². The Balaban J connectivity index is 0.00000169. The van der Waals surface area contributed by atoms with Crippen molar-refractivity contribution < 1.29 is 14.6 Å². The maximum Gasteiger partial charge on any atom is 0.346 e. The van der Waals surface area contributed by atoms with Crippen molar-refractivity contribution >= 4 is 23.3 Å². The second-order valence-corrected chi connectivity index (χ2v) is 2.61. The maximum atomic E-state index is 11.2. The van der Waals surface area contributed by atoms with Gasteiger partial charge in [0, 0.05) is 0 Å². The van der Waals surface area contributed by atoms with Crippen molar-refractivity contribution in [3.63, 3.8) is 0 Å². The summed E-state index contributed by atoms with van der Waals surface area (Å²) in [5, 5.41) is 9.26. The Labute approximate surface area is 93.1 Å². The van der Waals surface area contributed by atoms with E-state index >= 15 is 0 Å². The second kappa shape index (κ2) is 5.48. The van der Waals surface area contributed by atoms with Gasteiger partial charge in [0.15, 0.2) is 17.4 Å². The Morgan fingerprint density at radius 2 is 2.00 bits per heavy atom. The number of esters is 1. The molecule has 0 aliphatic rings. The van der Waals surface area contributed by atoms with E-state index in [0.29, 0.717) is 5.76 Å². The van der Waals surface area contributed by atoms with Gasteiger partial charge in [-0.2, -0.15) is 0 Å². The average molecular weight is 208 g/mol. The Bertz CT molecular complexity index is 347. The van der Waals surface area contributed by atoms with Gasteiger partial charge in [0.05, 0.1) is 5.76 Å². The van der Waals surface area contributed by atoms with Crippen molar-refractivity contribution in [2.45, 2.75) is 6.92 Å². The molecule has 0 heterocycles. The molecule has 0 unspecified atom stereocenters. The summed E-state index contributed by atoms with van der Waals surface area (Å²) in [6.07, 6.45) is 0. The van der Waals surface area contributed by atoms with Crippen molar-refractivity contribution in [3.05, 3.63) is 42.2 Å². The molecule has 3 nitrogen and oxygen atoms in total. The minimum atomic E-state index is -0.592.